The molecule has 0 saturated heterocycles. The van der Waals surface area contributed by atoms with E-state index < -0.39 is 0 Å². The fraction of sp³-hybridized carbons (Fsp3) is 0.692. The summed E-state index contributed by atoms with van der Waals surface area (Å²) in [5, 5.41) is 3.12. The molecule has 5 nitrogen and oxygen atoms in total. The molecule has 0 fully saturated rings. The molecule has 31 heavy (non-hydrogen) atoms. The van der Waals surface area contributed by atoms with E-state index in [1.165, 1.54) is 5.56 Å². The van der Waals surface area contributed by atoms with Crippen LogP contribution in [0.3, 0.4) is 0 Å². The SMILES string of the molecule is CCCN(CC[C@H](C)C(=O)N[C@@H](C)Cc1ccccc1)C(=O)C[C@@H](C[C@@H](C)CC)OC. The van der Waals surface area contributed by atoms with Crippen molar-refractivity contribution in [3.63, 3.8) is 0 Å². The molecule has 0 heterocycles. The molecule has 2 amide bonds. The molecule has 1 rings (SSSR count). The highest BCUT2D eigenvalue weighted by molar-refractivity contribution is 5.79. The van der Waals surface area contributed by atoms with Gasteiger partial charge >= 0.3 is 0 Å². The summed E-state index contributed by atoms with van der Waals surface area (Å²) in [4.78, 5) is 27.4. The van der Waals surface area contributed by atoms with Gasteiger partial charge in [-0.25, -0.2) is 0 Å². The Bertz CT molecular complexity index is 635. The van der Waals surface area contributed by atoms with E-state index in [0.717, 1.165) is 32.2 Å². The number of hydrogen-bond acceptors (Lipinski definition) is 3. The summed E-state index contributed by atoms with van der Waals surface area (Å²) in [5.41, 5.74) is 1.22. The molecule has 0 aliphatic rings. The summed E-state index contributed by atoms with van der Waals surface area (Å²) in [5.74, 6) is 0.587. The maximum Gasteiger partial charge on any atom is 0.225 e. The van der Waals surface area contributed by atoms with Crippen molar-refractivity contribution in [1.82, 2.24) is 10.2 Å². The van der Waals surface area contributed by atoms with Crippen LogP contribution in [-0.4, -0.2) is 49.1 Å². The average molecular weight is 433 g/mol. The topological polar surface area (TPSA) is 58.6 Å². The van der Waals surface area contributed by atoms with Crippen molar-refractivity contribution in [3.8, 4) is 0 Å². The van der Waals surface area contributed by atoms with Crippen molar-refractivity contribution in [1.29, 1.82) is 0 Å². The van der Waals surface area contributed by atoms with Crippen molar-refractivity contribution in [2.45, 2.75) is 85.3 Å². The van der Waals surface area contributed by atoms with Crippen molar-refractivity contribution >= 4 is 11.8 Å². The number of benzene rings is 1. The number of hydrogen-bond donors (Lipinski definition) is 1. The largest absolute Gasteiger partial charge is 0.381 e. The monoisotopic (exact) mass is 432 g/mol. The summed E-state index contributed by atoms with van der Waals surface area (Å²) in [6.07, 6.45) is 4.74. The number of carbonyl (C=O) groups is 2. The number of nitrogens with one attached hydrogen (secondary N) is 1. The average Bonchev–Trinajstić information content (AvgIpc) is 2.76. The Labute approximate surface area is 189 Å². The molecule has 176 valence electrons. The van der Waals surface area contributed by atoms with Gasteiger partial charge < -0.3 is 15.0 Å². The molecule has 1 aromatic carbocycles. The first-order valence-corrected chi connectivity index (χ1v) is 11.9. The lowest BCUT2D eigenvalue weighted by Gasteiger charge is -2.27. The summed E-state index contributed by atoms with van der Waals surface area (Å²) >= 11 is 0. The van der Waals surface area contributed by atoms with Crippen LogP contribution in [0.25, 0.3) is 0 Å². The van der Waals surface area contributed by atoms with Crippen LogP contribution in [0.2, 0.25) is 0 Å². The smallest absolute Gasteiger partial charge is 0.225 e. The second-order valence-corrected chi connectivity index (χ2v) is 8.98. The number of carbonyl (C=O) groups excluding carboxylic acids is 2. The zero-order valence-corrected chi connectivity index (χ0v) is 20.5. The standard InChI is InChI=1S/C26H44N2O3/c1-7-15-28(25(29)19-24(31-6)17-20(3)8-2)16-14-21(4)26(30)27-22(5)18-23-12-10-9-11-13-23/h9-13,20-22,24H,7-8,14-19H2,1-6H3,(H,27,30)/t20-,21-,22-,24+/m0/s1. The fourth-order valence-corrected chi connectivity index (χ4v) is 3.72. The van der Waals surface area contributed by atoms with Gasteiger partial charge in [0.05, 0.1) is 12.5 Å². The maximum absolute atomic E-state index is 12.9. The van der Waals surface area contributed by atoms with Gasteiger partial charge in [0, 0.05) is 32.2 Å². The molecule has 0 unspecified atom stereocenters. The molecular formula is C26H44N2O3. The summed E-state index contributed by atoms with van der Waals surface area (Å²) in [6, 6.07) is 10.3. The number of nitrogens with zero attached hydrogens (tertiary/aromatic N) is 1. The molecule has 1 N–H and O–H groups in total. The molecule has 0 bridgehead atoms. The molecule has 0 aromatic heterocycles. The minimum atomic E-state index is -0.135. The van der Waals surface area contributed by atoms with Gasteiger partial charge in [0.1, 0.15) is 0 Å². The van der Waals surface area contributed by atoms with Crippen LogP contribution >= 0.6 is 0 Å². The van der Waals surface area contributed by atoms with Crippen LogP contribution in [0.4, 0.5) is 0 Å². The Morgan fingerprint density at radius 1 is 1.06 bits per heavy atom. The van der Waals surface area contributed by atoms with Crippen LogP contribution in [0.5, 0.6) is 0 Å². The number of methoxy groups -OCH3 is 1. The Kier molecular flexibility index (Phi) is 13.1. The van der Waals surface area contributed by atoms with E-state index in [9.17, 15) is 9.59 Å². The Hall–Kier alpha value is -1.88. The summed E-state index contributed by atoms with van der Waals surface area (Å²) in [7, 11) is 1.69. The predicted octanol–water partition coefficient (Wildman–Crippen LogP) is 4.84. The third-order valence-corrected chi connectivity index (χ3v) is 6.00. The molecule has 5 heteroatoms. The van der Waals surface area contributed by atoms with Gasteiger partial charge in [0.2, 0.25) is 11.8 Å². The number of amides is 2. The second kappa shape index (κ2) is 15.0. The minimum absolute atomic E-state index is 0.0404. The van der Waals surface area contributed by atoms with Gasteiger partial charge in [-0.05, 0) is 44.1 Å². The molecule has 0 radical (unpaired) electrons. The van der Waals surface area contributed by atoms with Crippen LogP contribution in [0.15, 0.2) is 30.3 Å². The third kappa shape index (κ3) is 10.8. The van der Waals surface area contributed by atoms with E-state index in [1.54, 1.807) is 7.11 Å². The zero-order chi connectivity index (χ0) is 23.2. The van der Waals surface area contributed by atoms with E-state index >= 15 is 0 Å². The third-order valence-electron chi connectivity index (χ3n) is 6.00. The zero-order valence-electron chi connectivity index (χ0n) is 20.5. The first kappa shape index (κ1) is 27.2. The van der Waals surface area contributed by atoms with Gasteiger partial charge in [-0.15, -0.1) is 0 Å². The minimum Gasteiger partial charge on any atom is -0.381 e. The Morgan fingerprint density at radius 2 is 1.74 bits per heavy atom. The Balaban J connectivity index is 2.52. The molecule has 1 aromatic rings. The number of rotatable bonds is 15. The van der Waals surface area contributed by atoms with E-state index in [2.05, 4.69) is 38.2 Å². The van der Waals surface area contributed by atoms with Gasteiger partial charge in [-0.1, -0.05) is 64.4 Å². The van der Waals surface area contributed by atoms with Gasteiger partial charge in [0.15, 0.2) is 0 Å². The van der Waals surface area contributed by atoms with Gasteiger partial charge in [-0.3, -0.25) is 9.59 Å². The molecule has 0 saturated carbocycles. The van der Waals surface area contributed by atoms with E-state index in [1.807, 2.05) is 36.9 Å². The fourth-order valence-electron chi connectivity index (χ4n) is 3.72. The normalized spacial score (nSPS) is 15.0. The van der Waals surface area contributed by atoms with Crippen molar-refractivity contribution < 1.29 is 14.3 Å². The first-order chi connectivity index (χ1) is 14.8. The van der Waals surface area contributed by atoms with Crippen LogP contribution < -0.4 is 5.32 Å². The lowest BCUT2D eigenvalue weighted by atomic mass is 9.98. The first-order valence-electron chi connectivity index (χ1n) is 11.9. The number of ether oxygens (including phenoxy) is 1. The molecule has 4 atom stereocenters. The molecule has 0 spiro atoms. The maximum atomic E-state index is 12.9. The van der Waals surface area contributed by atoms with Crippen LogP contribution in [0.1, 0.15) is 72.3 Å². The van der Waals surface area contributed by atoms with Crippen LogP contribution in [-0.2, 0) is 20.7 Å². The van der Waals surface area contributed by atoms with Gasteiger partial charge in [-0.2, -0.15) is 0 Å². The van der Waals surface area contributed by atoms with E-state index in [-0.39, 0.29) is 29.9 Å². The van der Waals surface area contributed by atoms with Crippen molar-refractivity contribution in [2.24, 2.45) is 11.8 Å². The molecule has 0 aliphatic carbocycles. The molecule has 0 aliphatic heterocycles. The quantitative estimate of drug-likeness (QED) is 0.431. The Morgan fingerprint density at radius 3 is 2.32 bits per heavy atom. The predicted molar refractivity (Wildman–Crippen MR) is 128 cm³/mol. The lowest BCUT2D eigenvalue weighted by molar-refractivity contribution is -0.135. The highest BCUT2D eigenvalue weighted by atomic mass is 16.5. The lowest BCUT2D eigenvalue weighted by Crippen LogP contribution is -2.40. The van der Waals surface area contributed by atoms with Gasteiger partial charge in [0.25, 0.3) is 0 Å². The second-order valence-electron chi connectivity index (χ2n) is 8.98. The van der Waals surface area contributed by atoms with Crippen molar-refractivity contribution in [3.05, 3.63) is 35.9 Å². The van der Waals surface area contributed by atoms with Crippen molar-refractivity contribution in [2.75, 3.05) is 20.2 Å². The molecular weight excluding hydrogens is 388 g/mol. The highest BCUT2D eigenvalue weighted by Crippen LogP contribution is 2.16. The van der Waals surface area contributed by atoms with E-state index in [0.29, 0.717) is 25.3 Å². The van der Waals surface area contributed by atoms with Crippen LogP contribution in [0, 0.1) is 11.8 Å². The van der Waals surface area contributed by atoms with E-state index in [4.69, 9.17) is 4.74 Å². The summed E-state index contributed by atoms with van der Waals surface area (Å²) < 4.78 is 5.57. The summed E-state index contributed by atoms with van der Waals surface area (Å²) in [6.45, 7) is 11.7. The highest BCUT2D eigenvalue weighted by Gasteiger charge is 2.22.